The van der Waals surface area contributed by atoms with Crippen LogP contribution >= 0.6 is 0 Å². The predicted molar refractivity (Wildman–Crippen MR) is 106 cm³/mol. The summed E-state index contributed by atoms with van der Waals surface area (Å²) in [5.74, 6) is -1.10. The van der Waals surface area contributed by atoms with Crippen molar-refractivity contribution in [1.82, 2.24) is 5.01 Å². The number of hydrogen-bond donors (Lipinski definition) is 0. The predicted octanol–water partition coefficient (Wildman–Crippen LogP) is 4.50. The van der Waals surface area contributed by atoms with Crippen LogP contribution in [0.5, 0.6) is 0 Å². The Morgan fingerprint density at radius 1 is 0.704 bits per heavy atom. The van der Waals surface area contributed by atoms with E-state index in [0.717, 1.165) is 22.5 Å². The molecule has 4 heteroatoms. The summed E-state index contributed by atoms with van der Waals surface area (Å²) in [7, 11) is 0. The molecule has 0 saturated heterocycles. The number of hydrazine groups is 1. The van der Waals surface area contributed by atoms with E-state index < -0.39 is 11.7 Å². The van der Waals surface area contributed by atoms with Crippen LogP contribution in [0.1, 0.15) is 11.1 Å². The first-order valence-electron chi connectivity index (χ1n) is 8.72. The molecule has 4 rings (SSSR count). The molecule has 0 bridgehead atoms. The van der Waals surface area contributed by atoms with Gasteiger partial charge in [-0.25, -0.2) is 10.0 Å². The third-order valence-electron chi connectivity index (χ3n) is 4.45. The van der Waals surface area contributed by atoms with Gasteiger partial charge >= 0.3 is 5.91 Å². The van der Waals surface area contributed by atoms with Gasteiger partial charge < -0.3 is 0 Å². The number of aryl methyl sites for hydroxylation is 1. The average Bonchev–Trinajstić information content (AvgIpc) is 2.99. The molecule has 3 aromatic carbocycles. The first-order chi connectivity index (χ1) is 13.1. The first-order valence-corrected chi connectivity index (χ1v) is 8.72. The van der Waals surface area contributed by atoms with Crippen LogP contribution in [0.2, 0.25) is 0 Å². The number of carbonyl (C=O) groups is 2. The highest BCUT2D eigenvalue weighted by Crippen LogP contribution is 2.35. The fourth-order valence-electron chi connectivity index (χ4n) is 3.11. The zero-order valence-electron chi connectivity index (χ0n) is 14.9. The van der Waals surface area contributed by atoms with Crippen LogP contribution in [0, 0.1) is 6.92 Å². The zero-order valence-corrected chi connectivity index (χ0v) is 14.9. The van der Waals surface area contributed by atoms with Crippen LogP contribution in [0.4, 0.5) is 11.4 Å². The SMILES string of the molecule is Cc1ccc(C2=CC(=O)C(=O)N2N(c2ccccc2)c2ccccc2)cc1. The Balaban J connectivity index is 1.87. The van der Waals surface area contributed by atoms with Crippen LogP contribution in [0.25, 0.3) is 5.70 Å². The van der Waals surface area contributed by atoms with E-state index in [9.17, 15) is 9.59 Å². The zero-order chi connectivity index (χ0) is 18.8. The van der Waals surface area contributed by atoms with E-state index in [2.05, 4.69) is 0 Å². The summed E-state index contributed by atoms with van der Waals surface area (Å²) in [5, 5.41) is 3.23. The van der Waals surface area contributed by atoms with Crippen LogP contribution in [-0.2, 0) is 9.59 Å². The van der Waals surface area contributed by atoms with Crippen molar-refractivity contribution in [2.75, 3.05) is 5.01 Å². The number of rotatable bonds is 4. The second-order valence-corrected chi connectivity index (χ2v) is 6.36. The number of ketones is 1. The molecule has 0 radical (unpaired) electrons. The Kier molecular flexibility index (Phi) is 4.30. The molecule has 0 atom stereocenters. The lowest BCUT2D eigenvalue weighted by molar-refractivity contribution is -0.138. The topological polar surface area (TPSA) is 40.6 Å². The molecule has 3 aromatic rings. The summed E-state index contributed by atoms with van der Waals surface area (Å²) in [4.78, 5) is 25.1. The van der Waals surface area contributed by atoms with Gasteiger partial charge in [0.05, 0.1) is 17.1 Å². The molecule has 1 aliphatic heterocycles. The highest BCUT2D eigenvalue weighted by atomic mass is 16.2. The molecule has 27 heavy (non-hydrogen) atoms. The number of nitrogens with zero attached hydrogens (tertiary/aromatic N) is 2. The van der Waals surface area contributed by atoms with Gasteiger partial charge in [0.2, 0.25) is 5.78 Å². The monoisotopic (exact) mass is 354 g/mol. The van der Waals surface area contributed by atoms with E-state index in [0.29, 0.717) is 5.70 Å². The maximum atomic E-state index is 12.8. The highest BCUT2D eigenvalue weighted by Gasteiger charge is 2.37. The highest BCUT2D eigenvalue weighted by molar-refractivity contribution is 6.46. The second-order valence-electron chi connectivity index (χ2n) is 6.36. The Bertz CT molecular complexity index is 970. The third-order valence-corrected chi connectivity index (χ3v) is 4.45. The summed E-state index contributed by atoms with van der Waals surface area (Å²) in [6, 6.07) is 26.9. The minimum Gasteiger partial charge on any atom is -0.284 e. The maximum Gasteiger partial charge on any atom is 0.317 e. The van der Waals surface area contributed by atoms with Crippen LogP contribution in [-0.4, -0.2) is 16.7 Å². The van der Waals surface area contributed by atoms with Gasteiger partial charge in [-0.15, -0.1) is 0 Å². The van der Waals surface area contributed by atoms with E-state index in [1.165, 1.54) is 11.1 Å². The Labute approximate surface area is 157 Å². The number of benzene rings is 3. The van der Waals surface area contributed by atoms with Crippen molar-refractivity contribution in [2.45, 2.75) is 6.92 Å². The lowest BCUT2D eigenvalue weighted by Crippen LogP contribution is -2.41. The molecule has 4 nitrogen and oxygen atoms in total. The van der Waals surface area contributed by atoms with E-state index in [1.54, 1.807) is 5.01 Å². The van der Waals surface area contributed by atoms with Crippen molar-refractivity contribution in [1.29, 1.82) is 0 Å². The molecule has 0 aliphatic carbocycles. The van der Waals surface area contributed by atoms with E-state index in [1.807, 2.05) is 91.9 Å². The molecule has 1 aliphatic rings. The molecule has 1 amide bonds. The summed E-state index contributed by atoms with van der Waals surface area (Å²) >= 11 is 0. The Hall–Kier alpha value is -3.66. The molecular formula is C23H18N2O2. The molecule has 1 heterocycles. The fraction of sp³-hybridized carbons (Fsp3) is 0.0435. The lowest BCUT2D eigenvalue weighted by atomic mass is 10.1. The van der Waals surface area contributed by atoms with Crippen LogP contribution in [0.15, 0.2) is 91.0 Å². The molecule has 0 fully saturated rings. The van der Waals surface area contributed by atoms with Crippen LogP contribution in [0.3, 0.4) is 0 Å². The third kappa shape index (κ3) is 3.13. The van der Waals surface area contributed by atoms with Crippen molar-refractivity contribution in [2.24, 2.45) is 0 Å². The van der Waals surface area contributed by atoms with Crippen molar-refractivity contribution in [3.05, 3.63) is 102 Å². The van der Waals surface area contributed by atoms with Gasteiger partial charge in [-0.05, 0) is 31.2 Å². The Morgan fingerprint density at radius 3 is 1.74 bits per heavy atom. The molecular weight excluding hydrogens is 336 g/mol. The Morgan fingerprint density at radius 2 is 1.22 bits per heavy atom. The second kappa shape index (κ2) is 6.92. The summed E-state index contributed by atoms with van der Waals surface area (Å²) in [5.41, 5.74) is 4.09. The smallest absolute Gasteiger partial charge is 0.284 e. The van der Waals surface area contributed by atoms with E-state index in [4.69, 9.17) is 0 Å². The number of anilines is 2. The lowest BCUT2D eigenvalue weighted by Gasteiger charge is -2.35. The minimum absolute atomic E-state index is 0.526. The number of carbonyl (C=O) groups excluding carboxylic acids is 2. The first kappa shape index (κ1) is 16.8. The molecule has 132 valence electrons. The number of para-hydroxylation sites is 2. The van der Waals surface area contributed by atoms with E-state index >= 15 is 0 Å². The van der Waals surface area contributed by atoms with Gasteiger partial charge in [-0.1, -0.05) is 66.2 Å². The standard InChI is InChI=1S/C23H18N2O2/c1-17-12-14-18(15-13-17)21-16-22(26)23(27)25(21)24(19-8-4-2-5-9-19)20-10-6-3-7-11-20/h2-16H,1H3. The number of amides is 1. The van der Waals surface area contributed by atoms with Gasteiger partial charge in [0.15, 0.2) is 0 Å². The largest absolute Gasteiger partial charge is 0.317 e. The van der Waals surface area contributed by atoms with Gasteiger partial charge in [-0.3, -0.25) is 9.59 Å². The van der Waals surface area contributed by atoms with Crippen molar-refractivity contribution in [3.63, 3.8) is 0 Å². The molecule has 0 N–H and O–H groups in total. The summed E-state index contributed by atoms with van der Waals surface area (Å²) < 4.78 is 0. The van der Waals surface area contributed by atoms with Crippen LogP contribution < -0.4 is 5.01 Å². The minimum atomic E-state index is -0.571. The molecule has 0 aromatic heterocycles. The van der Waals surface area contributed by atoms with Gasteiger partial charge in [0.25, 0.3) is 0 Å². The maximum absolute atomic E-state index is 12.8. The number of hydrogen-bond acceptors (Lipinski definition) is 3. The van der Waals surface area contributed by atoms with Crippen molar-refractivity contribution < 1.29 is 9.59 Å². The van der Waals surface area contributed by atoms with E-state index in [-0.39, 0.29) is 0 Å². The summed E-state index contributed by atoms with van der Waals surface area (Å²) in [6.45, 7) is 2.00. The van der Waals surface area contributed by atoms with Crippen molar-refractivity contribution in [3.8, 4) is 0 Å². The molecule has 0 saturated carbocycles. The average molecular weight is 354 g/mol. The normalized spacial score (nSPS) is 13.7. The van der Waals surface area contributed by atoms with Gasteiger partial charge in [0, 0.05) is 11.6 Å². The van der Waals surface area contributed by atoms with Crippen molar-refractivity contribution >= 4 is 28.8 Å². The quantitative estimate of drug-likeness (QED) is 0.648. The van der Waals surface area contributed by atoms with Gasteiger partial charge in [0.1, 0.15) is 0 Å². The van der Waals surface area contributed by atoms with Gasteiger partial charge in [-0.2, -0.15) is 0 Å². The summed E-state index contributed by atoms with van der Waals surface area (Å²) in [6.07, 6.45) is 1.41. The molecule has 0 spiro atoms. The molecule has 0 unspecified atom stereocenters. The fourth-order valence-corrected chi connectivity index (χ4v) is 3.11.